The second kappa shape index (κ2) is 10.3. The zero-order valence-electron chi connectivity index (χ0n) is 17.5. The fraction of sp³-hybridized carbons (Fsp3) is 0.550. The molecule has 1 aromatic carbocycles. The van der Waals surface area contributed by atoms with Crippen LogP contribution in [-0.2, 0) is 27.9 Å². The number of sulfonamides is 1. The predicted octanol–water partition coefficient (Wildman–Crippen LogP) is 2.81. The first-order valence-corrected chi connectivity index (χ1v) is 13.1. The number of hydrogen-bond donors (Lipinski definition) is 1. The molecule has 1 fully saturated rings. The average molecular weight is 452 g/mol. The first-order valence-electron chi connectivity index (χ1n) is 10.3. The fourth-order valence-corrected chi connectivity index (χ4v) is 5.32. The quantitative estimate of drug-likeness (QED) is 0.589. The molecule has 164 valence electrons. The molecule has 1 N–H and O–H groups in total. The third-order valence-corrected chi connectivity index (χ3v) is 7.25. The highest BCUT2D eigenvalue weighted by molar-refractivity contribution is 7.99. The third-order valence-electron chi connectivity index (χ3n) is 5.14. The number of nitrogens with zero attached hydrogens (tertiary/aromatic N) is 4. The number of carbonyl (C=O) groups is 1. The molecule has 0 radical (unpaired) electrons. The summed E-state index contributed by atoms with van der Waals surface area (Å²) in [6, 6.07) is 9.21. The molecular formula is C20H29N5O3S2. The molecule has 0 aliphatic heterocycles. The van der Waals surface area contributed by atoms with Gasteiger partial charge in [-0.3, -0.25) is 9.10 Å². The van der Waals surface area contributed by atoms with Crippen LogP contribution in [0.4, 0.5) is 5.69 Å². The number of carbonyl (C=O) groups excluding carboxylic acids is 1. The van der Waals surface area contributed by atoms with E-state index in [0.29, 0.717) is 23.2 Å². The minimum Gasteiger partial charge on any atom is -0.353 e. The number of nitrogens with one attached hydrogen (secondary N) is 1. The predicted molar refractivity (Wildman–Crippen MR) is 119 cm³/mol. The molecule has 0 bridgehead atoms. The highest BCUT2D eigenvalue weighted by atomic mass is 32.2. The minimum atomic E-state index is -3.49. The maximum absolute atomic E-state index is 12.4. The first-order chi connectivity index (χ1) is 14.4. The van der Waals surface area contributed by atoms with Crippen LogP contribution in [-0.4, -0.2) is 47.1 Å². The Bertz CT molecular complexity index is 941. The van der Waals surface area contributed by atoms with Gasteiger partial charge in [-0.2, -0.15) is 0 Å². The van der Waals surface area contributed by atoms with Gasteiger partial charge in [0.2, 0.25) is 15.9 Å². The smallest absolute Gasteiger partial charge is 0.232 e. The van der Waals surface area contributed by atoms with Crippen molar-refractivity contribution in [3.63, 3.8) is 0 Å². The van der Waals surface area contributed by atoms with Gasteiger partial charge in [0.1, 0.15) is 0 Å². The Hall–Kier alpha value is -2.07. The van der Waals surface area contributed by atoms with Crippen molar-refractivity contribution in [1.82, 2.24) is 20.1 Å². The van der Waals surface area contributed by atoms with Crippen molar-refractivity contribution in [3.8, 4) is 0 Å². The summed E-state index contributed by atoms with van der Waals surface area (Å²) >= 11 is 1.33. The Labute approximate surface area is 182 Å². The normalized spacial score (nSPS) is 15.1. The Kier molecular flexibility index (Phi) is 7.76. The lowest BCUT2D eigenvalue weighted by Gasteiger charge is -2.22. The van der Waals surface area contributed by atoms with Crippen molar-refractivity contribution in [3.05, 3.63) is 36.2 Å². The van der Waals surface area contributed by atoms with Gasteiger partial charge in [-0.05, 0) is 31.9 Å². The lowest BCUT2D eigenvalue weighted by Crippen LogP contribution is -2.37. The molecule has 2 aromatic rings. The van der Waals surface area contributed by atoms with Crippen LogP contribution in [0.25, 0.3) is 0 Å². The SMILES string of the molecule is CCn1c(CN(c2ccccc2)S(C)(=O)=O)nnc1SCC(=O)NC1CCCCC1. The monoisotopic (exact) mass is 451 g/mol. The summed E-state index contributed by atoms with van der Waals surface area (Å²) in [5.74, 6) is 0.812. The number of benzene rings is 1. The summed E-state index contributed by atoms with van der Waals surface area (Å²) in [4.78, 5) is 12.3. The van der Waals surface area contributed by atoms with Crippen molar-refractivity contribution in [1.29, 1.82) is 0 Å². The van der Waals surface area contributed by atoms with Crippen molar-refractivity contribution >= 4 is 33.4 Å². The Morgan fingerprint density at radius 1 is 1.20 bits per heavy atom. The zero-order valence-corrected chi connectivity index (χ0v) is 19.1. The van der Waals surface area contributed by atoms with Gasteiger partial charge in [0.15, 0.2) is 11.0 Å². The van der Waals surface area contributed by atoms with Crippen molar-refractivity contribution < 1.29 is 13.2 Å². The van der Waals surface area contributed by atoms with E-state index in [1.54, 1.807) is 24.3 Å². The van der Waals surface area contributed by atoms with E-state index in [0.717, 1.165) is 12.8 Å². The van der Waals surface area contributed by atoms with Gasteiger partial charge >= 0.3 is 0 Å². The van der Waals surface area contributed by atoms with E-state index in [1.807, 2.05) is 17.6 Å². The van der Waals surface area contributed by atoms with E-state index in [1.165, 1.54) is 41.6 Å². The molecule has 10 heteroatoms. The molecule has 8 nitrogen and oxygen atoms in total. The van der Waals surface area contributed by atoms with Crippen LogP contribution in [0.1, 0.15) is 44.9 Å². The molecule has 1 aromatic heterocycles. The molecule has 1 amide bonds. The number of thioether (sulfide) groups is 1. The van der Waals surface area contributed by atoms with E-state index in [4.69, 9.17) is 0 Å². The van der Waals surface area contributed by atoms with Gasteiger partial charge in [0.25, 0.3) is 0 Å². The summed E-state index contributed by atoms with van der Waals surface area (Å²) in [7, 11) is -3.49. The maximum Gasteiger partial charge on any atom is 0.232 e. The third kappa shape index (κ3) is 5.98. The lowest BCUT2D eigenvalue weighted by atomic mass is 9.95. The number of amides is 1. The summed E-state index contributed by atoms with van der Waals surface area (Å²) in [6.07, 6.45) is 6.86. The Balaban J connectivity index is 1.67. The van der Waals surface area contributed by atoms with Crippen molar-refractivity contribution in [2.75, 3.05) is 16.3 Å². The number of anilines is 1. The van der Waals surface area contributed by atoms with E-state index < -0.39 is 10.0 Å². The number of rotatable bonds is 9. The van der Waals surface area contributed by atoms with Crippen LogP contribution in [0.2, 0.25) is 0 Å². The lowest BCUT2D eigenvalue weighted by molar-refractivity contribution is -0.119. The Morgan fingerprint density at radius 3 is 2.53 bits per heavy atom. The largest absolute Gasteiger partial charge is 0.353 e. The molecule has 3 rings (SSSR count). The summed E-state index contributed by atoms with van der Waals surface area (Å²) in [5.41, 5.74) is 0.576. The van der Waals surface area contributed by atoms with Crippen LogP contribution in [0.3, 0.4) is 0 Å². The van der Waals surface area contributed by atoms with E-state index in [9.17, 15) is 13.2 Å². The van der Waals surface area contributed by atoms with Crippen LogP contribution in [0.15, 0.2) is 35.5 Å². The van der Waals surface area contributed by atoms with Gasteiger partial charge in [0.05, 0.1) is 24.2 Å². The van der Waals surface area contributed by atoms with Crippen LogP contribution in [0, 0.1) is 0 Å². The standard InChI is InChI=1S/C20H29N5O3S2/c1-3-24-18(14-25(30(2,27)28)17-12-8-5-9-13-17)22-23-20(24)29-15-19(26)21-16-10-6-4-7-11-16/h5,8-9,12-13,16H,3-4,6-7,10-11,14-15H2,1-2H3,(H,21,26). The van der Waals surface area contributed by atoms with Gasteiger partial charge < -0.3 is 9.88 Å². The number of hydrogen-bond acceptors (Lipinski definition) is 6. The number of para-hydroxylation sites is 1. The summed E-state index contributed by atoms with van der Waals surface area (Å²) < 4.78 is 27.9. The molecule has 1 aliphatic rings. The van der Waals surface area contributed by atoms with Gasteiger partial charge in [-0.1, -0.05) is 49.2 Å². The topological polar surface area (TPSA) is 97.2 Å². The minimum absolute atomic E-state index is 0.00107. The summed E-state index contributed by atoms with van der Waals surface area (Å²) in [6.45, 7) is 2.62. The second-order valence-electron chi connectivity index (χ2n) is 7.44. The molecule has 0 saturated heterocycles. The highest BCUT2D eigenvalue weighted by Gasteiger charge is 2.22. The molecule has 0 unspecified atom stereocenters. The molecule has 1 heterocycles. The van der Waals surface area contributed by atoms with Gasteiger partial charge in [0, 0.05) is 12.6 Å². The Morgan fingerprint density at radius 2 is 1.90 bits per heavy atom. The molecule has 0 spiro atoms. The maximum atomic E-state index is 12.4. The fourth-order valence-electron chi connectivity index (χ4n) is 3.63. The van der Waals surface area contributed by atoms with Crippen LogP contribution in [0.5, 0.6) is 0 Å². The first kappa shape index (κ1) is 22.6. The van der Waals surface area contributed by atoms with Crippen LogP contribution < -0.4 is 9.62 Å². The van der Waals surface area contributed by atoms with E-state index in [-0.39, 0.29) is 24.2 Å². The van der Waals surface area contributed by atoms with Crippen molar-refractivity contribution in [2.24, 2.45) is 0 Å². The molecule has 1 saturated carbocycles. The van der Waals surface area contributed by atoms with Crippen LogP contribution >= 0.6 is 11.8 Å². The van der Waals surface area contributed by atoms with E-state index in [2.05, 4.69) is 15.5 Å². The number of aromatic nitrogens is 3. The van der Waals surface area contributed by atoms with Gasteiger partial charge in [-0.15, -0.1) is 10.2 Å². The molecule has 30 heavy (non-hydrogen) atoms. The average Bonchev–Trinajstić information content (AvgIpc) is 3.12. The molecular weight excluding hydrogens is 422 g/mol. The van der Waals surface area contributed by atoms with E-state index >= 15 is 0 Å². The summed E-state index contributed by atoms with van der Waals surface area (Å²) in [5, 5.41) is 12.1. The second-order valence-corrected chi connectivity index (χ2v) is 10.3. The molecule has 0 atom stereocenters. The van der Waals surface area contributed by atoms with Gasteiger partial charge in [-0.25, -0.2) is 8.42 Å². The van der Waals surface area contributed by atoms with Crippen molar-refractivity contribution in [2.45, 2.75) is 63.3 Å². The highest BCUT2D eigenvalue weighted by Crippen LogP contribution is 2.23. The zero-order chi connectivity index (χ0) is 21.6. The molecule has 1 aliphatic carbocycles.